The third-order valence-corrected chi connectivity index (χ3v) is 5.19. The summed E-state index contributed by atoms with van der Waals surface area (Å²) in [5, 5.41) is -0.751. The molecule has 8 heteroatoms. The summed E-state index contributed by atoms with van der Waals surface area (Å²) in [7, 11) is 0. The van der Waals surface area contributed by atoms with E-state index < -0.39 is 11.2 Å². The summed E-state index contributed by atoms with van der Waals surface area (Å²) in [6, 6.07) is 0.266. The van der Waals surface area contributed by atoms with Gasteiger partial charge in [-0.25, -0.2) is 4.98 Å². The fourth-order valence-corrected chi connectivity index (χ4v) is 4.08. The second-order valence-corrected chi connectivity index (χ2v) is 6.60. The fourth-order valence-electron chi connectivity index (χ4n) is 3.26. The third-order valence-electron chi connectivity index (χ3n) is 4.16. The van der Waals surface area contributed by atoms with Crippen LogP contribution >= 0.6 is 23.7 Å². The SMILES string of the molecule is Cl.NC1CCC2CN(Cc3cnc(C(F)(F)F)s3)CC12. The van der Waals surface area contributed by atoms with E-state index in [-0.39, 0.29) is 18.4 Å². The van der Waals surface area contributed by atoms with Crippen LogP contribution in [0.4, 0.5) is 13.2 Å². The van der Waals surface area contributed by atoms with E-state index in [4.69, 9.17) is 5.73 Å². The van der Waals surface area contributed by atoms with Crippen LogP contribution in [0.1, 0.15) is 22.7 Å². The van der Waals surface area contributed by atoms with Gasteiger partial charge in [-0.2, -0.15) is 13.2 Å². The molecule has 0 spiro atoms. The van der Waals surface area contributed by atoms with Gasteiger partial charge >= 0.3 is 6.18 Å². The van der Waals surface area contributed by atoms with Gasteiger partial charge in [-0.15, -0.1) is 23.7 Å². The van der Waals surface area contributed by atoms with Gasteiger partial charge in [0, 0.05) is 36.8 Å². The smallest absolute Gasteiger partial charge is 0.327 e. The van der Waals surface area contributed by atoms with Crippen LogP contribution in [0.25, 0.3) is 0 Å². The maximum absolute atomic E-state index is 12.5. The zero-order chi connectivity index (χ0) is 13.6. The molecule has 1 aromatic rings. The number of likely N-dealkylation sites (tertiary alicyclic amines) is 1. The molecule has 2 N–H and O–H groups in total. The number of nitrogens with two attached hydrogens (primary N) is 1. The number of fused-ring (bicyclic) bond motifs is 1. The lowest BCUT2D eigenvalue weighted by atomic mass is 9.98. The predicted octanol–water partition coefficient (Wildman–Crippen LogP) is 2.75. The van der Waals surface area contributed by atoms with E-state index in [9.17, 15) is 13.2 Å². The molecule has 1 aliphatic carbocycles. The van der Waals surface area contributed by atoms with Crippen molar-refractivity contribution in [2.24, 2.45) is 17.6 Å². The lowest BCUT2D eigenvalue weighted by molar-refractivity contribution is -0.137. The van der Waals surface area contributed by atoms with Crippen LogP contribution in [0.5, 0.6) is 0 Å². The van der Waals surface area contributed by atoms with Gasteiger partial charge < -0.3 is 5.73 Å². The van der Waals surface area contributed by atoms with Gasteiger partial charge in [-0.1, -0.05) is 0 Å². The highest BCUT2D eigenvalue weighted by Crippen LogP contribution is 2.38. The minimum absolute atomic E-state index is 0. The lowest BCUT2D eigenvalue weighted by Crippen LogP contribution is -2.30. The van der Waals surface area contributed by atoms with E-state index in [1.807, 2.05) is 0 Å². The van der Waals surface area contributed by atoms with E-state index in [1.165, 1.54) is 6.20 Å². The number of hydrogen-bond acceptors (Lipinski definition) is 4. The molecule has 0 aromatic carbocycles. The first-order valence-electron chi connectivity index (χ1n) is 6.43. The Kier molecular flexibility index (Phi) is 4.63. The zero-order valence-corrected chi connectivity index (χ0v) is 12.4. The minimum Gasteiger partial charge on any atom is -0.327 e. The average molecular weight is 328 g/mol. The third kappa shape index (κ3) is 3.10. The van der Waals surface area contributed by atoms with Crippen LogP contribution in [-0.2, 0) is 12.7 Å². The molecule has 1 aromatic heterocycles. The first-order chi connectivity index (χ1) is 8.93. The quantitative estimate of drug-likeness (QED) is 0.908. The molecule has 2 fully saturated rings. The van der Waals surface area contributed by atoms with Crippen molar-refractivity contribution in [3.8, 4) is 0 Å². The molecule has 1 aliphatic heterocycles. The molecular formula is C12H17ClF3N3S. The minimum atomic E-state index is -4.33. The normalized spacial score (nSPS) is 30.3. The Morgan fingerprint density at radius 3 is 2.70 bits per heavy atom. The molecule has 114 valence electrons. The topological polar surface area (TPSA) is 42.1 Å². The summed E-state index contributed by atoms with van der Waals surface area (Å²) >= 11 is 0.747. The van der Waals surface area contributed by atoms with Crippen LogP contribution < -0.4 is 5.73 Å². The molecule has 1 saturated carbocycles. The summed E-state index contributed by atoms with van der Waals surface area (Å²) in [5.41, 5.74) is 6.05. The highest BCUT2D eigenvalue weighted by molar-refractivity contribution is 7.11. The van der Waals surface area contributed by atoms with Crippen LogP contribution in [0.2, 0.25) is 0 Å². The van der Waals surface area contributed by atoms with E-state index in [1.54, 1.807) is 0 Å². The van der Waals surface area contributed by atoms with Crippen molar-refractivity contribution in [1.29, 1.82) is 0 Å². The summed E-state index contributed by atoms with van der Waals surface area (Å²) in [5.74, 6) is 1.15. The molecule has 0 bridgehead atoms. The van der Waals surface area contributed by atoms with Crippen molar-refractivity contribution in [3.05, 3.63) is 16.1 Å². The van der Waals surface area contributed by atoms with Gasteiger partial charge in [0.15, 0.2) is 5.01 Å². The van der Waals surface area contributed by atoms with Gasteiger partial charge in [0.05, 0.1) is 0 Å². The van der Waals surface area contributed by atoms with E-state index in [0.29, 0.717) is 23.3 Å². The number of halogens is 4. The number of nitrogens with zero attached hydrogens (tertiary/aromatic N) is 2. The largest absolute Gasteiger partial charge is 0.443 e. The van der Waals surface area contributed by atoms with Crippen molar-refractivity contribution >= 4 is 23.7 Å². The molecule has 20 heavy (non-hydrogen) atoms. The number of rotatable bonds is 2. The van der Waals surface area contributed by atoms with Crippen LogP contribution in [0.3, 0.4) is 0 Å². The fraction of sp³-hybridized carbons (Fsp3) is 0.750. The lowest BCUT2D eigenvalue weighted by Gasteiger charge is -2.17. The first kappa shape index (κ1) is 16.0. The van der Waals surface area contributed by atoms with Crippen molar-refractivity contribution in [2.75, 3.05) is 13.1 Å². The number of thiazole rings is 1. The van der Waals surface area contributed by atoms with Crippen molar-refractivity contribution in [3.63, 3.8) is 0 Å². The molecule has 3 nitrogen and oxygen atoms in total. The van der Waals surface area contributed by atoms with Crippen LogP contribution in [-0.4, -0.2) is 29.0 Å². The molecular weight excluding hydrogens is 311 g/mol. The standard InChI is InChI=1S/C12H16F3N3S.ClH/c13-12(14,15)11-17-3-8(19-11)5-18-4-7-1-2-10(16)9(7)6-18;/h3,7,9-10H,1-2,4-6,16H2;1H. The Labute approximate surface area is 125 Å². The summed E-state index contributed by atoms with van der Waals surface area (Å²) in [4.78, 5) is 6.35. The zero-order valence-electron chi connectivity index (χ0n) is 10.8. The Hall–Kier alpha value is -0.370. The van der Waals surface area contributed by atoms with Crippen LogP contribution in [0.15, 0.2) is 6.20 Å². The van der Waals surface area contributed by atoms with Gasteiger partial charge in [0.25, 0.3) is 0 Å². The molecule has 2 heterocycles. The molecule has 3 rings (SSSR count). The van der Waals surface area contributed by atoms with E-state index in [0.717, 1.165) is 37.3 Å². The average Bonchev–Trinajstić information content (AvgIpc) is 2.97. The maximum atomic E-state index is 12.5. The van der Waals surface area contributed by atoms with Crippen molar-refractivity contribution in [2.45, 2.75) is 31.6 Å². The number of hydrogen-bond donors (Lipinski definition) is 1. The van der Waals surface area contributed by atoms with E-state index >= 15 is 0 Å². The highest BCUT2D eigenvalue weighted by atomic mass is 35.5. The second kappa shape index (κ2) is 5.79. The highest BCUT2D eigenvalue weighted by Gasteiger charge is 2.41. The Balaban J connectivity index is 0.00000147. The Bertz CT molecular complexity index is 465. The van der Waals surface area contributed by atoms with Gasteiger partial charge in [0.2, 0.25) is 0 Å². The molecule has 3 unspecified atom stereocenters. The molecule has 1 saturated heterocycles. The maximum Gasteiger partial charge on any atom is 0.443 e. The van der Waals surface area contributed by atoms with Gasteiger partial charge in [-0.3, -0.25) is 4.90 Å². The second-order valence-electron chi connectivity index (χ2n) is 5.49. The van der Waals surface area contributed by atoms with Crippen molar-refractivity contribution < 1.29 is 13.2 Å². The Morgan fingerprint density at radius 2 is 2.10 bits per heavy atom. The van der Waals surface area contributed by atoms with Crippen molar-refractivity contribution in [1.82, 2.24) is 9.88 Å². The summed E-state index contributed by atoms with van der Waals surface area (Å²) in [6.07, 6.45) is -0.741. The first-order valence-corrected chi connectivity index (χ1v) is 7.25. The summed E-state index contributed by atoms with van der Waals surface area (Å²) < 4.78 is 37.4. The number of alkyl halides is 3. The molecule has 3 atom stereocenters. The summed E-state index contributed by atoms with van der Waals surface area (Å²) in [6.45, 7) is 2.43. The molecule has 0 amide bonds. The number of aromatic nitrogens is 1. The molecule has 0 radical (unpaired) electrons. The van der Waals surface area contributed by atoms with Crippen LogP contribution in [0, 0.1) is 11.8 Å². The van der Waals surface area contributed by atoms with Gasteiger partial charge in [0.1, 0.15) is 0 Å². The monoisotopic (exact) mass is 327 g/mol. The van der Waals surface area contributed by atoms with Gasteiger partial charge in [-0.05, 0) is 24.7 Å². The Morgan fingerprint density at radius 1 is 1.35 bits per heavy atom. The molecule has 2 aliphatic rings. The van der Waals surface area contributed by atoms with E-state index in [2.05, 4.69) is 9.88 Å². The predicted molar refractivity (Wildman–Crippen MR) is 73.8 cm³/mol.